The van der Waals surface area contributed by atoms with Gasteiger partial charge in [0.05, 0.1) is 5.69 Å². The maximum atomic E-state index is 12.7. The molecule has 0 unspecified atom stereocenters. The number of carbonyl (C=O) groups is 1. The average Bonchev–Trinajstić information content (AvgIpc) is 2.85. The quantitative estimate of drug-likeness (QED) is 0.408. The molecule has 1 N–H and O–H groups in total. The second kappa shape index (κ2) is 10.1. The summed E-state index contributed by atoms with van der Waals surface area (Å²) in [5, 5.41) is 7.89. The zero-order valence-electron chi connectivity index (χ0n) is 18.0. The first-order chi connectivity index (χ1) is 16.0. The van der Waals surface area contributed by atoms with Crippen molar-refractivity contribution in [1.29, 1.82) is 0 Å². The van der Waals surface area contributed by atoms with Crippen LogP contribution in [0, 0.1) is 0 Å². The predicted octanol–water partition coefficient (Wildman–Crippen LogP) is 5.28. The Morgan fingerprint density at radius 3 is 2.42 bits per heavy atom. The minimum absolute atomic E-state index is 0.220. The SMILES string of the molecule is CCc1ccccc1NC(=O)c1ccc(-n2nc(OCc3ccc(Cl)cc3)ccc2=O)cc1. The topological polar surface area (TPSA) is 73.2 Å². The van der Waals surface area contributed by atoms with E-state index in [1.54, 1.807) is 36.4 Å². The van der Waals surface area contributed by atoms with E-state index in [4.69, 9.17) is 16.3 Å². The van der Waals surface area contributed by atoms with E-state index in [-0.39, 0.29) is 11.5 Å². The van der Waals surface area contributed by atoms with Crippen molar-refractivity contribution in [2.24, 2.45) is 0 Å². The molecule has 0 aliphatic carbocycles. The van der Waals surface area contributed by atoms with Crippen LogP contribution in [-0.2, 0) is 13.0 Å². The van der Waals surface area contributed by atoms with Gasteiger partial charge in [0.15, 0.2) is 0 Å². The van der Waals surface area contributed by atoms with Gasteiger partial charge in [0.1, 0.15) is 6.61 Å². The lowest BCUT2D eigenvalue weighted by Crippen LogP contribution is -2.21. The van der Waals surface area contributed by atoms with Gasteiger partial charge in [0, 0.05) is 28.4 Å². The van der Waals surface area contributed by atoms with Crippen molar-refractivity contribution in [3.05, 3.63) is 117 Å². The molecule has 3 aromatic carbocycles. The number of aromatic nitrogens is 2. The fourth-order valence-electron chi connectivity index (χ4n) is 3.29. The lowest BCUT2D eigenvalue weighted by molar-refractivity contribution is 0.102. The van der Waals surface area contributed by atoms with Crippen molar-refractivity contribution >= 4 is 23.2 Å². The first kappa shape index (κ1) is 22.3. The Kier molecular flexibility index (Phi) is 6.86. The van der Waals surface area contributed by atoms with Gasteiger partial charge in [-0.3, -0.25) is 9.59 Å². The molecule has 0 saturated carbocycles. The van der Waals surface area contributed by atoms with Gasteiger partial charge in [-0.25, -0.2) is 0 Å². The number of benzene rings is 3. The average molecular weight is 460 g/mol. The van der Waals surface area contributed by atoms with Gasteiger partial charge in [-0.1, -0.05) is 48.9 Å². The maximum Gasteiger partial charge on any atom is 0.271 e. The Morgan fingerprint density at radius 2 is 1.70 bits per heavy atom. The number of hydrogen-bond donors (Lipinski definition) is 1. The molecule has 1 aromatic heterocycles. The smallest absolute Gasteiger partial charge is 0.271 e. The van der Waals surface area contributed by atoms with E-state index in [1.165, 1.54) is 16.8 Å². The molecule has 0 fully saturated rings. The Bertz CT molecular complexity index is 1320. The molecule has 1 amide bonds. The lowest BCUT2D eigenvalue weighted by atomic mass is 10.1. The second-order valence-electron chi connectivity index (χ2n) is 7.35. The van der Waals surface area contributed by atoms with Crippen LogP contribution >= 0.6 is 11.6 Å². The van der Waals surface area contributed by atoms with Crippen molar-refractivity contribution in [2.45, 2.75) is 20.0 Å². The van der Waals surface area contributed by atoms with Gasteiger partial charge >= 0.3 is 0 Å². The van der Waals surface area contributed by atoms with Gasteiger partial charge in [0.25, 0.3) is 11.5 Å². The highest BCUT2D eigenvalue weighted by Gasteiger charge is 2.10. The monoisotopic (exact) mass is 459 g/mol. The van der Waals surface area contributed by atoms with E-state index in [1.807, 2.05) is 43.3 Å². The van der Waals surface area contributed by atoms with E-state index < -0.39 is 0 Å². The molecule has 0 aliphatic rings. The molecule has 0 aliphatic heterocycles. The summed E-state index contributed by atoms with van der Waals surface area (Å²) in [5.41, 5.74) is 3.49. The van der Waals surface area contributed by atoms with Crippen LogP contribution in [0.5, 0.6) is 5.88 Å². The van der Waals surface area contributed by atoms with Crippen molar-refractivity contribution < 1.29 is 9.53 Å². The molecular weight excluding hydrogens is 438 g/mol. The summed E-state index contributed by atoms with van der Waals surface area (Å²) in [7, 11) is 0. The number of rotatable bonds is 7. The summed E-state index contributed by atoms with van der Waals surface area (Å²) in [6.45, 7) is 2.33. The van der Waals surface area contributed by atoms with Crippen molar-refractivity contribution in [1.82, 2.24) is 9.78 Å². The van der Waals surface area contributed by atoms with Crippen molar-refractivity contribution in [3.63, 3.8) is 0 Å². The lowest BCUT2D eigenvalue weighted by Gasteiger charge is -2.11. The number of amides is 1. The molecule has 0 atom stereocenters. The minimum Gasteiger partial charge on any atom is -0.472 e. The maximum absolute atomic E-state index is 12.7. The third-order valence-corrected chi connectivity index (χ3v) is 5.35. The van der Waals surface area contributed by atoms with E-state index in [2.05, 4.69) is 10.4 Å². The third-order valence-electron chi connectivity index (χ3n) is 5.10. The first-order valence-electron chi connectivity index (χ1n) is 10.5. The Labute approximate surface area is 196 Å². The Balaban J connectivity index is 1.48. The minimum atomic E-state index is -0.303. The Hall–Kier alpha value is -3.90. The van der Waals surface area contributed by atoms with Crippen LogP contribution in [0.1, 0.15) is 28.4 Å². The van der Waals surface area contributed by atoms with Gasteiger partial charge in [-0.15, -0.1) is 5.10 Å². The molecule has 0 spiro atoms. The summed E-state index contributed by atoms with van der Waals surface area (Å²) in [6.07, 6.45) is 0.820. The number of ether oxygens (including phenoxy) is 1. The zero-order valence-corrected chi connectivity index (χ0v) is 18.8. The molecule has 33 heavy (non-hydrogen) atoms. The highest BCUT2D eigenvalue weighted by atomic mass is 35.5. The summed E-state index contributed by atoms with van der Waals surface area (Å²) in [6, 6.07) is 24.6. The number of nitrogens with one attached hydrogen (secondary N) is 1. The normalized spacial score (nSPS) is 10.6. The number of para-hydroxylation sites is 1. The number of aryl methyl sites for hydroxylation is 1. The highest BCUT2D eigenvalue weighted by Crippen LogP contribution is 2.18. The molecule has 4 aromatic rings. The van der Waals surface area contributed by atoms with Gasteiger partial charge < -0.3 is 10.1 Å². The van der Waals surface area contributed by atoms with Crippen LogP contribution in [0.3, 0.4) is 0 Å². The van der Waals surface area contributed by atoms with Crippen LogP contribution in [-0.4, -0.2) is 15.7 Å². The van der Waals surface area contributed by atoms with Crippen molar-refractivity contribution in [2.75, 3.05) is 5.32 Å². The Morgan fingerprint density at radius 1 is 0.970 bits per heavy atom. The van der Waals surface area contributed by atoms with Crippen LogP contribution in [0.2, 0.25) is 5.02 Å². The summed E-state index contributed by atoms with van der Waals surface area (Å²) < 4.78 is 6.96. The second-order valence-corrected chi connectivity index (χ2v) is 7.78. The summed E-state index contributed by atoms with van der Waals surface area (Å²) in [5.74, 6) is 0.0883. The van der Waals surface area contributed by atoms with Crippen molar-refractivity contribution in [3.8, 4) is 11.6 Å². The zero-order chi connectivity index (χ0) is 23.2. The fraction of sp³-hybridized carbons (Fsp3) is 0.115. The van der Waals surface area contributed by atoms with Gasteiger partial charge in [-0.05, 0) is 60.0 Å². The molecule has 0 radical (unpaired) electrons. The van der Waals surface area contributed by atoms with Gasteiger partial charge in [-0.2, -0.15) is 4.68 Å². The molecule has 7 heteroatoms. The molecule has 166 valence electrons. The largest absolute Gasteiger partial charge is 0.472 e. The summed E-state index contributed by atoms with van der Waals surface area (Å²) >= 11 is 5.90. The standard InChI is InChI=1S/C26H22ClN3O3/c1-2-19-5-3-4-6-23(19)28-26(32)20-9-13-22(14-10-20)30-25(31)16-15-24(29-30)33-17-18-7-11-21(27)12-8-18/h3-16H,2,17H2,1H3,(H,28,32). The molecular formula is C26H22ClN3O3. The van der Waals surface area contributed by atoms with Crippen LogP contribution in [0.4, 0.5) is 5.69 Å². The van der Waals surface area contributed by atoms with Crippen LogP contribution in [0.15, 0.2) is 89.7 Å². The van der Waals surface area contributed by atoms with Gasteiger partial charge in [0.2, 0.25) is 5.88 Å². The van der Waals surface area contributed by atoms with E-state index >= 15 is 0 Å². The summed E-state index contributed by atoms with van der Waals surface area (Å²) in [4.78, 5) is 25.0. The molecule has 4 rings (SSSR count). The van der Waals surface area contributed by atoms with E-state index in [9.17, 15) is 9.59 Å². The molecule has 6 nitrogen and oxygen atoms in total. The molecule has 0 bridgehead atoms. The predicted molar refractivity (Wildman–Crippen MR) is 129 cm³/mol. The van der Waals surface area contributed by atoms with E-state index in [0.717, 1.165) is 23.2 Å². The number of halogens is 1. The third kappa shape index (κ3) is 5.48. The van der Waals surface area contributed by atoms with Crippen LogP contribution in [0.25, 0.3) is 5.69 Å². The first-order valence-corrected chi connectivity index (χ1v) is 10.9. The van der Waals surface area contributed by atoms with Crippen LogP contribution < -0.4 is 15.6 Å². The van der Waals surface area contributed by atoms with E-state index in [0.29, 0.717) is 28.8 Å². The number of anilines is 1. The molecule has 1 heterocycles. The molecule has 0 saturated heterocycles. The fourth-order valence-corrected chi connectivity index (χ4v) is 3.42. The number of nitrogens with zero attached hydrogens (tertiary/aromatic N) is 2. The number of carbonyl (C=O) groups excluding carboxylic acids is 1. The number of hydrogen-bond acceptors (Lipinski definition) is 4. The highest BCUT2D eigenvalue weighted by molar-refractivity contribution is 6.30.